The smallest absolute Gasteiger partial charge is 0.226 e. The summed E-state index contributed by atoms with van der Waals surface area (Å²) >= 11 is 0. The summed E-state index contributed by atoms with van der Waals surface area (Å²) in [7, 11) is 0. The maximum absolute atomic E-state index is 11.6. The Hall–Kier alpha value is -1.43. The largest absolute Gasteiger partial charge is 0.394 e. The van der Waals surface area contributed by atoms with E-state index in [0.717, 1.165) is 18.7 Å². The van der Waals surface area contributed by atoms with E-state index >= 15 is 0 Å². The molecule has 0 aromatic carbocycles. The molecule has 1 aromatic heterocycles. The van der Waals surface area contributed by atoms with Crippen LogP contribution in [0, 0.1) is 0 Å². The minimum Gasteiger partial charge on any atom is -0.394 e. The van der Waals surface area contributed by atoms with Crippen molar-refractivity contribution in [3.63, 3.8) is 0 Å². The molecule has 0 aliphatic heterocycles. The zero-order valence-electron chi connectivity index (χ0n) is 11.5. The summed E-state index contributed by atoms with van der Waals surface area (Å²) in [5.41, 5.74) is -0.569. The number of hydrogen-bond acceptors (Lipinski definition) is 5. The van der Waals surface area contributed by atoms with Gasteiger partial charge >= 0.3 is 0 Å². The van der Waals surface area contributed by atoms with Gasteiger partial charge in [-0.15, -0.1) is 0 Å². The Kier molecular flexibility index (Phi) is 4.19. The Balaban J connectivity index is 1.69. The van der Waals surface area contributed by atoms with Gasteiger partial charge in [-0.1, -0.05) is 5.16 Å². The van der Waals surface area contributed by atoms with E-state index < -0.39 is 5.54 Å². The predicted octanol–water partition coefficient (Wildman–Crippen LogP) is 1.16. The third kappa shape index (κ3) is 4.31. The van der Waals surface area contributed by atoms with Gasteiger partial charge in [0.1, 0.15) is 0 Å². The predicted molar refractivity (Wildman–Crippen MR) is 68.5 cm³/mol. The molecule has 0 saturated heterocycles. The van der Waals surface area contributed by atoms with Gasteiger partial charge in [0.2, 0.25) is 11.8 Å². The lowest BCUT2D eigenvalue weighted by molar-refractivity contribution is -0.123. The van der Waals surface area contributed by atoms with Crippen LogP contribution >= 0.6 is 0 Å². The van der Waals surface area contributed by atoms with E-state index in [9.17, 15) is 4.79 Å². The number of aryl methyl sites for hydroxylation is 1. The van der Waals surface area contributed by atoms with Crippen LogP contribution in [0.5, 0.6) is 0 Å². The molecule has 1 heterocycles. The topological polar surface area (TPSA) is 88.2 Å². The summed E-state index contributed by atoms with van der Waals surface area (Å²) in [6.07, 6.45) is 3.98. The van der Waals surface area contributed by atoms with Gasteiger partial charge < -0.3 is 14.9 Å². The minimum absolute atomic E-state index is 0.0685. The SMILES string of the molecule is CC(C)(CO)NC(=O)CCCc1nc(C2CC2)no1. The van der Waals surface area contributed by atoms with Crippen molar-refractivity contribution in [3.8, 4) is 0 Å². The van der Waals surface area contributed by atoms with Crippen LogP contribution in [0.3, 0.4) is 0 Å². The van der Waals surface area contributed by atoms with Crippen LogP contribution in [0.15, 0.2) is 4.52 Å². The molecule has 1 aliphatic rings. The number of aromatic nitrogens is 2. The molecule has 1 fully saturated rings. The summed E-state index contributed by atoms with van der Waals surface area (Å²) in [6.45, 7) is 3.49. The van der Waals surface area contributed by atoms with E-state index in [0.29, 0.717) is 31.1 Å². The number of rotatable bonds is 7. The van der Waals surface area contributed by atoms with Crippen molar-refractivity contribution in [2.45, 2.75) is 57.4 Å². The molecule has 0 unspecified atom stereocenters. The molecule has 0 atom stereocenters. The molecule has 1 saturated carbocycles. The van der Waals surface area contributed by atoms with Gasteiger partial charge in [-0.25, -0.2) is 0 Å². The fraction of sp³-hybridized carbons (Fsp3) is 0.769. The number of aliphatic hydroxyl groups is 1. The number of amides is 1. The van der Waals surface area contributed by atoms with Crippen LogP contribution < -0.4 is 5.32 Å². The quantitative estimate of drug-likeness (QED) is 0.774. The fourth-order valence-electron chi connectivity index (χ4n) is 1.76. The van der Waals surface area contributed by atoms with Crippen molar-refractivity contribution in [2.24, 2.45) is 0 Å². The first-order valence-corrected chi connectivity index (χ1v) is 6.74. The molecule has 0 radical (unpaired) electrons. The fourth-order valence-corrected chi connectivity index (χ4v) is 1.76. The van der Waals surface area contributed by atoms with Gasteiger partial charge in [0, 0.05) is 18.8 Å². The standard InChI is InChI=1S/C13H21N3O3/c1-13(2,8-17)15-10(18)4-3-5-11-14-12(16-19-11)9-6-7-9/h9,17H,3-8H2,1-2H3,(H,15,18). The van der Waals surface area contributed by atoms with Crippen LogP contribution in [-0.4, -0.2) is 33.3 Å². The minimum atomic E-state index is -0.569. The lowest BCUT2D eigenvalue weighted by Crippen LogP contribution is -2.46. The van der Waals surface area contributed by atoms with Gasteiger partial charge in [-0.05, 0) is 33.1 Å². The van der Waals surface area contributed by atoms with E-state index in [4.69, 9.17) is 9.63 Å². The second kappa shape index (κ2) is 5.69. The van der Waals surface area contributed by atoms with Crippen molar-refractivity contribution in [1.29, 1.82) is 0 Å². The van der Waals surface area contributed by atoms with E-state index in [-0.39, 0.29) is 12.5 Å². The normalized spacial score (nSPS) is 15.5. The third-order valence-corrected chi connectivity index (χ3v) is 3.09. The molecule has 1 amide bonds. The van der Waals surface area contributed by atoms with Gasteiger partial charge in [0.05, 0.1) is 12.1 Å². The maximum atomic E-state index is 11.6. The molecular weight excluding hydrogens is 246 g/mol. The molecule has 6 nitrogen and oxygen atoms in total. The van der Waals surface area contributed by atoms with Gasteiger partial charge in [0.25, 0.3) is 0 Å². The van der Waals surface area contributed by atoms with Gasteiger partial charge in [0.15, 0.2) is 5.82 Å². The van der Waals surface area contributed by atoms with Gasteiger partial charge in [-0.2, -0.15) is 4.98 Å². The number of nitrogens with zero attached hydrogens (tertiary/aromatic N) is 2. The van der Waals surface area contributed by atoms with Crippen LogP contribution in [-0.2, 0) is 11.2 Å². The molecule has 0 bridgehead atoms. The highest BCUT2D eigenvalue weighted by atomic mass is 16.5. The molecule has 2 N–H and O–H groups in total. The lowest BCUT2D eigenvalue weighted by atomic mass is 10.1. The Labute approximate surface area is 112 Å². The molecule has 19 heavy (non-hydrogen) atoms. The van der Waals surface area contributed by atoms with Crippen molar-refractivity contribution >= 4 is 5.91 Å². The van der Waals surface area contributed by atoms with Gasteiger partial charge in [-0.3, -0.25) is 4.79 Å². The first kappa shape index (κ1) is 14.0. The number of nitrogens with one attached hydrogen (secondary N) is 1. The van der Waals surface area contributed by atoms with Crippen LogP contribution in [0.4, 0.5) is 0 Å². The van der Waals surface area contributed by atoms with Crippen molar-refractivity contribution < 1.29 is 14.4 Å². The summed E-state index contributed by atoms with van der Waals surface area (Å²) < 4.78 is 5.14. The number of carbonyl (C=O) groups excluding carboxylic acids is 1. The zero-order chi connectivity index (χ0) is 13.9. The average molecular weight is 267 g/mol. The molecule has 2 rings (SSSR count). The highest BCUT2D eigenvalue weighted by Gasteiger charge is 2.28. The molecule has 1 aromatic rings. The Morgan fingerprint density at radius 1 is 1.53 bits per heavy atom. The van der Waals surface area contributed by atoms with Crippen LogP contribution in [0.2, 0.25) is 0 Å². The highest BCUT2D eigenvalue weighted by molar-refractivity contribution is 5.76. The third-order valence-electron chi connectivity index (χ3n) is 3.09. The molecule has 106 valence electrons. The maximum Gasteiger partial charge on any atom is 0.226 e. The molecular formula is C13H21N3O3. The average Bonchev–Trinajstić information content (AvgIpc) is 3.09. The van der Waals surface area contributed by atoms with Crippen LogP contribution in [0.25, 0.3) is 0 Å². The molecule has 6 heteroatoms. The summed E-state index contributed by atoms with van der Waals surface area (Å²) in [5.74, 6) is 1.84. The van der Waals surface area contributed by atoms with E-state index in [1.165, 1.54) is 0 Å². The monoisotopic (exact) mass is 267 g/mol. The first-order chi connectivity index (χ1) is 9.00. The second-order valence-corrected chi connectivity index (χ2v) is 5.76. The van der Waals surface area contributed by atoms with Crippen LogP contribution in [0.1, 0.15) is 57.2 Å². The van der Waals surface area contributed by atoms with E-state index in [1.54, 1.807) is 13.8 Å². The second-order valence-electron chi connectivity index (χ2n) is 5.76. The van der Waals surface area contributed by atoms with Crippen molar-refractivity contribution in [2.75, 3.05) is 6.61 Å². The van der Waals surface area contributed by atoms with Crippen molar-refractivity contribution in [1.82, 2.24) is 15.5 Å². The lowest BCUT2D eigenvalue weighted by Gasteiger charge is -2.23. The Morgan fingerprint density at radius 2 is 2.26 bits per heavy atom. The highest BCUT2D eigenvalue weighted by Crippen LogP contribution is 2.38. The first-order valence-electron chi connectivity index (χ1n) is 6.74. The molecule has 1 aliphatic carbocycles. The van der Waals surface area contributed by atoms with E-state index in [2.05, 4.69) is 15.5 Å². The van der Waals surface area contributed by atoms with Crippen molar-refractivity contribution in [3.05, 3.63) is 11.7 Å². The number of aliphatic hydroxyl groups excluding tert-OH is 1. The summed E-state index contributed by atoms with van der Waals surface area (Å²) in [6, 6.07) is 0. The number of carbonyl (C=O) groups is 1. The summed E-state index contributed by atoms with van der Waals surface area (Å²) in [5, 5.41) is 15.8. The summed E-state index contributed by atoms with van der Waals surface area (Å²) in [4.78, 5) is 16.0. The molecule has 0 spiro atoms. The van der Waals surface area contributed by atoms with E-state index in [1.807, 2.05) is 0 Å². The Bertz CT molecular complexity index is 438. The Morgan fingerprint density at radius 3 is 2.89 bits per heavy atom. The number of hydrogen-bond donors (Lipinski definition) is 2. The zero-order valence-corrected chi connectivity index (χ0v) is 11.5.